The summed E-state index contributed by atoms with van der Waals surface area (Å²) in [5.41, 5.74) is 4.23. The molecule has 2 heterocycles. The molecule has 0 saturated carbocycles. The van der Waals surface area contributed by atoms with E-state index in [1.807, 2.05) is 67.6 Å². The molecule has 186 valence electrons. The van der Waals surface area contributed by atoms with Crippen LogP contribution in [0.1, 0.15) is 48.5 Å². The highest BCUT2D eigenvalue weighted by Gasteiger charge is 2.31. The zero-order valence-corrected chi connectivity index (χ0v) is 21.0. The lowest BCUT2D eigenvalue weighted by atomic mass is 9.90. The molecular formula is C31H31N5O. The first-order valence-corrected chi connectivity index (χ1v) is 12.9. The van der Waals surface area contributed by atoms with Gasteiger partial charge in [-0.3, -0.25) is 4.79 Å². The zero-order valence-electron chi connectivity index (χ0n) is 21.0. The van der Waals surface area contributed by atoms with Crippen LogP contribution in [0.4, 0.5) is 5.82 Å². The number of nitrogens with zero attached hydrogens (tertiary/aromatic N) is 4. The summed E-state index contributed by atoms with van der Waals surface area (Å²) >= 11 is 0. The summed E-state index contributed by atoms with van der Waals surface area (Å²) in [6.45, 7) is 3.56. The molecule has 0 bridgehead atoms. The Morgan fingerprint density at radius 2 is 1.54 bits per heavy atom. The third-order valence-corrected chi connectivity index (χ3v) is 7.18. The molecule has 1 fully saturated rings. The van der Waals surface area contributed by atoms with Crippen LogP contribution in [0.25, 0.3) is 11.0 Å². The molecule has 2 atom stereocenters. The number of nitriles is 1. The highest BCUT2D eigenvalue weighted by atomic mass is 16.2. The van der Waals surface area contributed by atoms with E-state index in [0.29, 0.717) is 22.9 Å². The summed E-state index contributed by atoms with van der Waals surface area (Å²) in [6, 6.07) is 30.0. The van der Waals surface area contributed by atoms with Crippen molar-refractivity contribution < 1.29 is 4.79 Å². The largest absolute Gasteiger partial charge is 0.355 e. The molecule has 1 saturated heterocycles. The molecule has 1 aliphatic rings. The molecule has 1 amide bonds. The van der Waals surface area contributed by atoms with Crippen molar-refractivity contribution in [2.45, 2.75) is 38.1 Å². The van der Waals surface area contributed by atoms with Crippen LogP contribution in [0, 0.1) is 17.2 Å². The van der Waals surface area contributed by atoms with Crippen molar-refractivity contribution in [3.63, 3.8) is 0 Å². The lowest BCUT2D eigenvalue weighted by molar-refractivity contribution is -0.122. The molecule has 4 aromatic rings. The van der Waals surface area contributed by atoms with Crippen LogP contribution in [-0.4, -0.2) is 29.0 Å². The number of hydrogen-bond acceptors (Lipinski definition) is 5. The Kier molecular flexibility index (Phi) is 7.41. The van der Waals surface area contributed by atoms with Gasteiger partial charge in [-0.25, -0.2) is 9.97 Å². The SMILES string of the molecule is C[C@@H](NC(=O)[C@H](C#N)c1nc2ccccc2nc1N1CCC(Cc2ccccc2)CC1)c1ccccc1. The summed E-state index contributed by atoms with van der Waals surface area (Å²) < 4.78 is 0. The number of anilines is 1. The third kappa shape index (κ3) is 5.62. The van der Waals surface area contributed by atoms with Gasteiger partial charge in [-0.2, -0.15) is 5.26 Å². The minimum atomic E-state index is -1.06. The molecule has 6 heteroatoms. The fourth-order valence-electron chi connectivity index (χ4n) is 5.09. The standard InChI is InChI=1S/C31H31N5O/c1-22(25-12-6-3-7-13-25)33-31(37)26(21-32)29-30(35-28-15-9-8-14-27(28)34-29)36-18-16-24(17-19-36)20-23-10-4-2-5-11-23/h2-15,22,24,26H,16-20H2,1H3,(H,33,37)/t22-,26-/m1/s1. The maximum Gasteiger partial charge on any atom is 0.244 e. The Bertz CT molecular complexity index is 1390. The number of rotatable bonds is 7. The molecule has 6 nitrogen and oxygen atoms in total. The molecule has 0 spiro atoms. The van der Waals surface area contributed by atoms with Crippen molar-refractivity contribution in [1.82, 2.24) is 15.3 Å². The lowest BCUT2D eigenvalue weighted by Gasteiger charge is -2.34. The molecule has 0 unspecified atom stereocenters. The highest BCUT2D eigenvalue weighted by molar-refractivity contribution is 5.89. The van der Waals surface area contributed by atoms with Crippen LogP contribution in [0.3, 0.4) is 0 Å². The van der Waals surface area contributed by atoms with Gasteiger partial charge in [0.1, 0.15) is 5.69 Å². The van der Waals surface area contributed by atoms with Crippen molar-refractivity contribution in [2.24, 2.45) is 5.92 Å². The molecular weight excluding hydrogens is 458 g/mol. The second-order valence-electron chi connectivity index (χ2n) is 9.74. The van der Waals surface area contributed by atoms with Crippen LogP contribution < -0.4 is 10.2 Å². The van der Waals surface area contributed by atoms with Crippen LogP contribution in [-0.2, 0) is 11.2 Å². The van der Waals surface area contributed by atoms with E-state index in [4.69, 9.17) is 9.97 Å². The van der Waals surface area contributed by atoms with Crippen LogP contribution in [0.2, 0.25) is 0 Å². The predicted molar refractivity (Wildman–Crippen MR) is 146 cm³/mol. The number of carbonyl (C=O) groups is 1. The van der Waals surface area contributed by atoms with Crippen molar-refractivity contribution in [3.8, 4) is 6.07 Å². The van der Waals surface area contributed by atoms with Gasteiger partial charge in [-0.1, -0.05) is 72.8 Å². The van der Waals surface area contributed by atoms with Gasteiger partial charge < -0.3 is 10.2 Å². The van der Waals surface area contributed by atoms with E-state index in [9.17, 15) is 10.1 Å². The average Bonchev–Trinajstić information content (AvgIpc) is 2.94. The molecule has 1 aliphatic heterocycles. The number of nitrogens with one attached hydrogen (secondary N) is 1. The van der Waals surface area contributed by atoms with E-state index in [-0.39, 0.29) is 11.9 Å². The highest BCUT2D eigenvalue weighted by Crippen LogP contribution is 2.31. The Labute approximate surface area is 218 Å². The fourth-order valence-corrected chi connectivity index (χ4v) is 5.09. The third-order valence-electron chi connectivity index (χ3n) is 7.18. The molecule has 1 aromatic heterocycles. The van der Waals surface area contributed by atoms with Crippen molar-refractivity contribution in [2.75, 3.05) is 18.0 Å². The first kappa shape index (κ1) is 24.5. The van der Waals surface area contributed by atoms with Gasteiger partial charge in [0, 0.05) is 13.1 Å². The Hall–Kier alpha value is -4.24. The van der Waals surface area contributed by atoms with E-state index >= 15 is 0 Å². The second-order valence-corrected chi connectivity index (χ2v) is 9.74. The van der Waals surface area contributed by atoms with Crippen molar-refractivity contribution in [1.29, 1.82) is 5.26 Å². The van der Waals surface area contributed by atoms with Gasteiger partial charge in [0.2, 0.25) is 5.91 Å². The van der Waals surface area contributed by atoms with E-state index in [0.717, 1.165) is 43.4 Å². The number of hydrogen-bond donors (Lipinski definition) is 1. The number of piperidine rings is 1. The van der Waals surface area contributed by atoms with Gasteiger partial charge in [0.25, 0.3) is 0 Å². The number of fused-ring (bicyclic) bond motifs is 1. The molecule has 3 aromatic carbocycles. The van der Waals surface area contributed by atoms with E-state index in [2.05, 4.69) is 40.6 Å². The van der Waals surface area contributed by atoms with E-state index in [1.54, 1.807) is 0 Å². The number of aromatic nitrogens is 2. The van der Waals surface area contributed by atoms with E-state index < -0.39 is 5.92 Å². The minimum absolute atomic E-state index is 0.227. The smallest absolute Gasteiger partial charge is 0.244 e. The maximum absolute atomic E-state index is 13.4. The van der Waals surface area contributed by atoms with Gasteiger partial charge in [0.05, 0.1) is 23.1 Å². The normalized spacial score (nSPS) is 15.6. The molecule has 0 aliphatic carbocycles. The van der Waals surface area contributed by atoms with Crippen molar-refractivity contribution >= 4 is 22.8 Å². The summed E-state index contributed by atoms with van der Waals surface area (Å²) in [4.78, 5) is 25.3. The molecule has 37 heavy (non-hydrogen) atoms. The molecule has 5 rings (SSSR count). The van der Waals surface area contributed by atoms with Gasteiger partial charge in [-0.05, 0) is 55.4 Å². The Morgan fingerprint density at radius 3 is 2.19 bits per heavy atom. The van der Waals surface area contributed by atoms with E-state index in [1.165, 1.54) is 5.56 Å². The van der Waals surface area contributed by atoms with Crippen LogP contribution in [0.5, 0.6) is 0 Å². The average molecular weight is 490 g/mol. The molecule has 0 radical (unpaired) electrons. The summed E-state index contributed by atoms with van der Waals surface area (Å²) in [7, 11) is 0. The van der Waals surface area contributed by atoms with Crippen LogP contribution >= 0.6 is 0 Å². The lowest BCUT2D eigenvalue weighted by Crippen LogP contribution is -2.37. The first-order chi connectivity index (χ1) is 18.1. The fraction of sp³-hybridized carbons (Fsp3) is 0.290. The monoisotopic (exact) mass is 489 g/mol. The van der Waals surface area contributed by atoms with Gasteiger partial charge in [-0.15, -0.1) is 0 Å². The topological polar surface area (TPSA) is 81.9 Å². The first-order valence-electron chi connectivity index (χ1n) is 12.9. The zero-order chi connectivity index (χ0) is 25.6. The minimum Gasteiger partial charge on any atom is -0.355 e. The van der Waals surface area contributed by atoms with Crippen molar-refractivity contribution in [3.05, 3.63) is 102 Å². The number of amides is 1. The van der Waals surface area contributed by atoms with Crippen LogP contribution in [0.15, 0.2) is 84.9 Å². The second kappa shape index (κ2) is 11.2. The summed E-state index contributed by atoms with van der Waals surface area (Å²) in [5.74, 6) is -0.174. The summed E-state index contributed by atoms with van der Waals surface area (Å²) in [6.07, 6.45) is 3.11. The van der Waals surface area contributed by atoms with Gasteiger partial charge in [0.15, 0.2) is 11.7 Å². The quantitative estimate of drug-likeness (QED) is 0.367. The Balaban J connectivity index is 1.39. The maximum atomic E-state index is 13.4. The number of benzene rings is 3. The Morgan fingerprint density at radius 1 is 0.946 bits per heavy atom. The number of carbonyl (C=O) groups excluding carboxylic acids is 1. The number of para-hydroxylation sites is 2. The summed E-state index contributed by atoms with van der Waals surface area (Å²) in [5, 5.41) is 13.1. The van der Waals surface area contributed by atoms with Gasteiger partial charge >= 0.3 is 0 Å². The molecule has 1 N–H and O–H groups in total. The predicted octanol–water partition coefficient (Wildman–Crippen LogP) is 5.57.